The number of rotatable bonds is 13. The summed E-state index contributed by atoms with van der Waals surface area (Å²) in [5.74, 6) is 0.110. The van der Waals surface area contributed by atoms with Crippen molar-refractivity contribution in [3.63, 3.8) is 0 Å². The van der Waals surface area contributed by atoms with E-state index < -0.39 is 10.0 Å². The summed E-state index contributed by atoms with van der Waals surface area (Å²) in [6.45, 7) is 9.78. The van der Waals surface area contributed by atoms with Crippen LogP contribution in [0.1, 0.15) is 20.8 Å². The van der Waals surface area contributed by atoms with Gasteiger partial charge in [-0.1, -0.05) is 6.92 Å². The van der Waals surface area contributed by atoms with E-state index in [4.69, 9.17) is 9.47 Å². The minimum atomic E-state index is -3.24. The zero-order chi connectivity index (χ0) is 14.6. The summed E-state index contributed by atoms with van der Waals surface area (Å²) in [6.07, 6.45) is 0. The molecule has 0 fully saturated rings. The van der Waals surface area contributed by atoms with Gasteiger partial charge in [-0.05, 0) is 20.4 Å². The van der Waals surface area contributed by atoms with Gasteiger partial charge in [-0.3, -0.25) is 0 Å². The molecule has 0 saturated carbocycles. The molecule has 0 unspecified atom stereocenters. The molecule has 0 amide bonds. The van der Waals surface area contributed by atoms with E-state index in [0.717, 1.165) is 6.54 Å². The second kappa shape index (κ2) is 11.6. The molecule has 0 heterocycles. The minimum Gasteiger partial charge on any atom is -0.380 e. The Morgan fingerprint density at radius 2 is 1.53 bits per heavy atom. The van der Waals surface area contributed by atoms with Crippen molar-refractivity contribution in [1.82, 2.24) is 9.62 Å². The Morgan fingerprint density at radius 1 is 1.00 bits per heavy atom. The molecule has 0 aromatic heterocycles. The van der Waals surface area contributed by atoms with Crippen LogP contribution in [0.5, 0.6) is 0 Å². The molecular formula is C12H28N2O4S. The molecule has 0 bridgehead atoms. The largest absolute Gasteiger partial charge is 0.380 e. The number of sulfonamides is 1. The molecule has 19 heavy (non-hydrogen) atoms. The van der Waals surface area contributed by atoms with Crippen LogP contribution in [0, 0.1) is 0 Å². The third-order valence-electron chi connectivity index (χ3n) is 2.56. The molecule has 0 aliphatic heterocycles. The molecule has 0 aromatic rings. The standard InChI is InChI=1S/C12H28N2O4S/c1-4-13-7-12-19(15,16)14(8-10-17-5-2)9-11-18-6-3/h13H,4-12H2,1-3H3. The predicted molar refractivity (Wildman–Crippen MR) is 76.9 cm³/mol. The van der Waals surface area contributed by atoms with Crippen LogP contribution >= 0.6 is 0 Å². The molecule has 0 spiro atoms. The van der Waals surface area contributed by atoms with Crippen LogP contribution in [0.25, 0.3) is 0 Å². The van der Waals surface area contributed by atoms with E-state index in [9.17, 15) is 8.42 Å². The molecule has 1 N–H and O–H groups in total. The van der Waals surface area contributed by atoms with Gasteiger partial charge in [0.05, 0.1) is 19.0 Å². The molecule has 0 aromatic carbocycles. The molecule has 0 rings (SSSR count). The number of ether oxygens (including phenoxy) is 2. The number of nitrogens with one attached hydrogen (secondary N) is 1. The summed E-state index contributed by atoms with van der Waals surface area (Å²) in [7, 11) is -3.24. The van der Waals surface area contributed by atoms with Gasteiger partial charge in [-0.2, -0.15) is 4.31 Å². The first kappa shape index (κ1) is 18.8. The van der Waals surface area contributed by atoms with Gasteiger partial charge in [-0.15, -0.1) is 0 Å². The van der Waals surface area contributed by atoms with Crippen LogP contribution in [0.3, 0.4) is 0 Å². The number of nitrogens with zero attached hydrogens (tertiary/aromatic N) is 1. The highest BCUT2D eigenvalue weighted by Crippen LogP contribution is 2.01. The van der Waals surface area contributed by atoms with E-state index in [0.29, 0.717) is 46.1 Å². The third-order valence-corrected chi connectivity index (χ3v) is 4.43. The monoisotopic (exact) mass is 296 g/mol. The Kier molecular flexibility index (Phi) is 11.5. The lowest BCUT2D eigenvalue weighted by atomic mass is 10.6. The number of hydrogen-bond donors (Lipinski definition) is 1. The maximum absolute atomic E-state index is 12.2. The Morgan fingerprint density at radius 3 is 1.95 bits per heavy atom. The Labute approximate surface area is 117 Å². The van der Waals surface area contributed by atoms with Gasteiger partial charge in [0.25, 0.3) is 0 Å². The Bertz CT molecular complexity index is 286. The Hall–Kier alpha value is -0.210. The predicted octanol–water partition coefficient (Wildman–Crippen LogP) is 0.301. The average Bonchev–Trinajstić information content (AvgIpc) is 2.37. The fourth-order valence-corrected chi connectivity index (χ4v) is 2.88. The zero-order valence-electron chi connectivity index (χ0n) is 12.4. The summed E-state index contributed by atoms with van der Waals surface area (Å²) in [5.41, 5.74) is 0. The van der Waals surface area contributed by atoms with E-state index in [2.05, 4.69) is 5.32 Å². The summed E-state index contributed by atoms with van der Waals surface area (Å²) >= 11 is 0. The Balaban J connectivity index is 4.32. The van der Waals surface area contributed by atoms with Crippen LogP contribution < -0.4 is 5.32 Å². The van der Waals surface area contributed by atoms with Crippen molar-refractivity contribution in [2.45, 2.75) is 20.8 Å². The smallest absolute Gasteiger partial charge is 0.215 e. The van der Waals surface area contributed by atoms with Gasteiger partial charge in [0.2, 0.25) is 10.0 Å². The molecule has 0 radical (unpaired) electrons. The quantitative estimate of drug-likeness (QED) is 0.495. The summed E-state index contributed by atoms with van der Waals surface area (Å²) < 4.78 is 36.2. The molecular weight excluding hydrogens is 268 g/mol. The SMILES string of the molecule is CCNCCS(=O)(=O)N(CCOCC)CCOCC. The average molecular weight is 296 g/mol. The second-order valence-electron chi connectivity index (χ2n) is 3.96. The normalized spacial score (nSPS) is 12.2. The number of hydrogen-bond acceptors (Lipinski definition) is 5. The van der Waals surface area contributed by atoms with Crippen LogP contribution in [-0.2, 0) is 19.5 Å². The van der Waals surface area contributed by atoms with Gasteiger partial charge in [-0.25, -0.2) is 8.42 Å². The summed E-state index contributed by atoms with van der Waals surface area (Å²) in [6, 6.07) is 0. The van der Waals surface area contributed by atoms with Crippen LogP contribution in [0.4, 0.5) is 0 Å². The van der Waals surface area contributed by atoms with E-state index in [1.54, 1.807) is 0 Å². The second-order valence-corrected chi connectivity index (χ2v) is 6.05. The first-order chi connectivity index (χ1) is 9.08. The fraction of sp³-hybridized carbons (Fsp3) is 1.00. The maximum Gasteiger partial charge on any atom is 0.215 e. The van der Waals surface area contributed by atoms with Crippen LogP contribution in [0.15, 0.2) is 0 Å². The van der Waals surface area contributed by atoms with Crippen LogP contribution in [-0.4, -0.2) is 71.1 Å². The van der Waals surface area contributed by atoms with Gasteiger partial charge in [0.15, 0.2) is 0 Å². The van der Waals surface area contributed by atoms with E-state index >= 15 is 0 Å². The van der Waals surface area contributed by atoms with Crippen molar-refractivity contribution < 1.29 is 17.9 Å². The molecule has 0 aliphatic rings. The van der Waals surface area contributed by atoms with Gasteiger partial charge >= 0.3 is 0 Å². The van der Waals surface area contributed by atoms with Crippen molar-refractivity contribution in [1.29, 1.82) is 0 Å². The molecule has 7 heteroatoms. The summed E-state index contributed by atoms with van der Waals surface area (Å²) in [4.78, 5) is 0. The van der Waals surface area contributed by atoms with E-state index in [1.165, 1.54) is 4.31 Å². The maximum atomic E-state index is 12.2. The van der Waals surface area contributed by atoms with E-state index in [1.807, 2.05) is 20.8 Å². The summed E-state index contributed by atoms with van der Waals surface area (Å²) in [5, 5.41) is 3.03. The molecule has 0 atom stereocenters. The first-order valence-corrected chi connectivity index (χ1v) is 8.53. The lowest BCUT2D eigenvalue weighted by Crippen LogP contribution is -2.40. The van der Waals surface area contributed by atoms with Crippen molar-refractivity contribution in [2.24, 2.45) is 0 Å². The third kappa shape index (κ3) is 9.34. The van der Waals surface area contributed by atoms with Gasteiger partial charge in [0, 0.05) is 32.8 Å². The molecule has 0 saturated heterocycles. The molecule has 6 nitrogen and oxygen atoms in total. The van der Waals surface area contributed by atoms with Crippen LogP contribution in [0.2, 0.25) is 0 Å². The van der Waals surface area contributed by atoms with Crippen molar-refractivity contribution in [2.75, 3.05) is 58.4 Å². The molecule has 116 valence electrons. The van der Waals surface area contributed by atoms with E-state index in [-0.39, 0.29) is 5.75 Å². The highest BCUT2D eigenvalue weighted by atomic mass is 32.2. The highest BCUT2D eigenvalue weighted by Gasteiger charge is 2.20. The van der Waals surface area contributed by atoms with Crippen molar-refractivity contribution in [3.05, 3.63) is 0 Å². The minimum absolute atomic E-state index is 0.110. The first-order valence-electron chi connectivity index (χ1n) is 6.92. The topological polar surface area (TPSA) is 67.9 Å². The highest BCUT2D eigenvalue weighted by molar-refractivity contribution is 7.89. The van der Waals surface area contributed by atoms with Crippen molar-refractivity contribution in [3.8, 4) is 0 Å². The lowest BCUT2D eigenvalue weighted by Gasteiger charge is -2.22. The molecule has 0 aliphatic carbocycles. The lowest BCUT2D eigenvalue weighted by molar-refractivity contribution is 0.110. The van der Waals surface area contributed by atoms with Gasteiger partial charge < -0.3 is 14.8 Å². The fourth-order valence-electron chi connectivity index (χ4n) is 1.52. The van der Waals surface area contributed by atoms with Gasteiger partial charge in [0.1, 0.15) is 0 Å². The van der Waals surface area contributed by atoms with Crippen molar-refractivity contribution >= 4 is 10.0 Å². The zero-order valence-corrected chi connectivity index (χ0v) is 13.2.